The van der Waals surface area contributed by atoms with Crippen molar-refractivity contribution in [1.82, 2.24) is 0 Å². The summed E-state index contributed by atoms with van der Waals surface area (Å²) in [7, 11) is 0. The first-order chi connectivity index (χ1) is 8.77. The normalized spacial score (nSPS) is 9.16. The summed E-state index contributed by atoms with van der Waals surface area (Å²) in [5, 5.41) is 0. The molecule has 0 saturated carbocycles. The average Bonchev–Trinajstić information content (AvgIpc) is 3.07. The first kappa shape index (κ1) is 15.9. The standard InChI is InChI=1S/C11H7BrF.C5H5.Fe/c12-11-6-5-9(13)7-10(11)8-3-1-2-4-8;1-2-4-5-3-1;/h1-7H;1-5H;/q2*-1;+2. The maximum Gasteiger partial charge on any atom is 2.00 e. The van der Waals surface area contributed by atoms with Crippen LogP contribution in [0.25, 0.3) is 11.1 Å². The molecule has 0 heterocycles. The zero-order valence-corrected chi connectivity index (χ0v) is 12.7. The quantitative estimate of drug-likeness (QED) is 0.405. The molecule has 3 heteroatoms. The third kappa shape index (κ3) is 4.79. The van der Waals surface area contributed by atoms with Crippen molar-refractivity contribution < 1.29 is 21.5 Å². The Hall–Kier alpha value is -1.15. The molecular formula is C16H12BrFFe. The largest absolute Gasteiger partial charge is 2.00 e. The van der Waals surface area contributed by atoms with Crippen LogP contribution in [0.3, 0.4) is 0 Å². The fraction of sp³-hybridized carbons (Fsp3) is 0. The van der Waals surface area contributed by atoms with Gasteiger partial charge in [-0.25, -0.2) is 16.5 Å². The first-order valence-electron chi connectivity index (χ1n) is 5.61. The van der Waals surface area contributed by atoms with Gasteiger partial charge in [0.25, 0.3) is 0 Å². The van der Waals surface area contributed by atoms with E-state index in [0.717, 1.165) is 15.6 Å². The molecule has 0 atom stereocenters. The predicted molar refractivity (Wildman–Crippen MR) is 77.2 cm³/mol. The molecule has 0 spiro atoms. The molecule has 0 N–H and O–H groups in total. The Labute approximate surface area is 131 Å². The van der Waals surface area contributed by atoms with Crippen LogP contribution in [0.4, 0.5) is 4.39 Å². The second-order valence-electron chi connectivity index (χ2n) is 3.76. The van der Waals surface area contributed by atoms with E-state index in [1.54, 1.807) is 6.07 Å². The van der Waals surface area contributed by atoms with Crippen LogP contribution < -0.4 is 0 Å². The molecule has 0 aliphatic heterocycles. The van der Waals surface area contributed by atoms with E-state index in [1.165, 1.54) is 12.1 Å². The van der Waals surface area contributed by atoms with Gasteiger partial charge >= 0.3 is 17.1 Å². The topological polar surface area (TPSA) is 0 Å². The summed E-state index contributed by atoms with van der Waals surface area (Å²) in [4.78, 5) is 0. The Morgan fingerprint density at radius 1 is 1.00 bits per heavy atom. The number of hydrogen-bond acceptors (Lipinski definition) is 0. The van der Waals surface area contributed by atoms with E-state index in [0.29, 0.717) is 0 Å². The van der Waals surface area contributed by atoms with Crippen LogP contribution in [0.5, 0.6) is 0 Å². The van der Waals surface area contributed by atoms with E-state index < -0.39 is 0 Å². The van der Waals surface area contributed by atoms with Crippen LogP contribution >= 0.6 is 15.9 Å². The number of hydrogen-bond donors (Lipinski definition) is 0. The molecule has 3 rings (SSSR count). The van der Waals surface area contributed by atoms with Gasteiger partial charge in [0.1, 0.15) is 0 Å². The van der Waals surface area contributed by atoms with E-state index in [2.05, 4.69) is 15.9 Å². The van der Waals surface area contributed by atoms with Gasteiger partial charge in [-0.3, -0.25) is 0 Å². The monoisotopic (exact) mass is 358 g/mol. The summed E-state index contributed by atoms with van der Waals surface area (Å²) in [6, 6.07) is 22.5. The van der Waals surface area contributed by atoms with Crippen molar-refractivity contribution in [1.29, 1.82) is 0 Å². The molecule has 0 aromatic heterocycles. The molecule has 0 unspecified atom stereocenters. The Bertz CT molecular complexity index is 554. The fourth-order valence-corrected chi connectivity index (χ4v) is 2.07. The molecule has 0 fully saturated rings. The van der Waals surface area contributed by atoms with Crippen LogP contribution in [-0.4, -0.2) is 0 Å². The summed E-state index contributed by atoms with van der Waals surface area (Å²) in [6.07, 6.45) is 0. The molecule has 19 heavy (non-hydrogen) atoms. The maximum absolute atomic E-state index is 12.9. The number of rotatable bonds is 1. The molecule has 0 nitrogen and oxygen atoms in total. The van der Waals surface area contributed by atoms with Gasteiger partial charge in [-0.1, -0.05) is 17.7 Å². The van der Waals surface area contributed by atoms with Crippen molar-refractivity contribution >= 4 is 15.9 Å². The molecule has 3 aromatic carbocycles. The van der Waals surface area contributed by atoms with Crippen molar-refractivity contribution in [3.63, 3.8) is 0 Å². The molecule has 0 bridgehead atoms. The minimum atomic E-state index is -0.209. The van der Waals surface area contributed by atoms with Crippen LogP contribution in [0.2, 0.25) is 0 Å². The van der Waals surface area contributed by atoms with Gasteiger partial charge in [-0.05, 0) is 10.5 Å². The van der Waals surface area contributed by atoms with E-state index >= 15 is 0 Å². The van der Waals surface area contributed by atoms with Crippen molar-refractivity contribution in [3.05, 3.63) is 83.1 Å². The van der Waals surface area contributed by atoms with Crippen LogP contribution in [-0.2, 0) is 17.1 Å². The third-order valence-corrected chi connectivity index (χ3v) is 3.15. The Balaban J connectivity index is 0.000000256. The van der Waals surface area contributed by atoms with Crippen molar-refractivity contribution in [2.45, 2.75) is 0 Å². The minimum Gasteiger partial charge on any atom is -0.216 e. The van der Waals surface area contributed by atoms with E-state index in [9.17, 15) is 4.39 Å². The van der Waals surface area contributed by atoms with Crippen LogP contribution in [0, 0.1) is 5.82 Å². The molecule has 0 radical (unpaired) electrons. The summed E-state index contributed by atoms with van der Waals surface area (Å²) in [5.41, 5.74) is 1.93. The number of benzene rings is 1. The van der Waals surface area contributed by atoms with Crippen molar-refractivity contribution in [2.24, 2.45) is 0 Å². The molecule has 0 aliphatic rings. The SMILES string of the molecule is Fc1ccc(Br)c(-[c-]2cccc2)c1.[Fe+2].c1cc[cH-]c1. The second-order valence-corrected chi connectivity index (χ2v) is 4.61. The Kier molecular flexibility index (Phi) is 6.79. The molecule has 0 amide bonds. The maximum atomic E-state index is 12.9. The molecule has 3 aromatic rings. The van der Waals surface area contributed by atoms with Crippen molar-refractivity contribution in [3.8, 4) is 11.1 Å². The molecule has 98 valence electrons. The van der Waals surface area contributed by atoms with E-state index in [1.807, 2.05) is 54.6 Å². The molecule has 0 saturated heterocycles. The van der Waals surface area contributed by atoms with Gasteiger partial charge in [0.2, 0.25) is 0 Å². The van der Waals surface area contributed by atoms with Crippen LogP contribution in [0.1, 0.15) is 0 Å². The number of halogens is 2. The van der Waals surface area contributed by atoms with Gasteiger partial charge in [-0.15, -0.1) is 33.6 Å². The van der Waals surface area contributed by atoms with E-state index in [-0.39, 0.29) is 22.9 Å². The minimum absolute atomic E-state index is 0. The fourth-order valence-electron chi connectivity index (χ4n) is 1.59. The summed E-state index contributed by atoms with van der Waals surface area (Å²) < 4.78 is 13.8. The summed E-state index contributed by atoms with van der Waals surface area (Å²) in [5.74, 6) is -0.209. The Morgan fingerprint density at radius 3 is 2.16 bits per heavy atom. The zero-order valence-electron chi connectivity index (χ0n) is 10.0. The second kappa shape index (κ2) is 8.11. The van der Waals surface area contributed by atoms with E-state index in [4.69, 9.17) is 0 Å². The zero-order chi connectivity index (χ0) is 12.8. The van der Waals surface area contributed by atoms with Gasteiger partial charge in [0.05, 0.1) is 5.82 Å². The van der Waals surface area contributed by atoms with Gasteiger partial charge in [0, 0.05) is 0 Å². The van der Waals surface area contributed by atoms with Gasteiger partial charge in [0.15, 0.2) is 0 Å². The summed E-state index contributed by atoms with van der Waals surface area (Å²) >= 11 is 3.39. The van der Waals surface area contributed by atoms with Gasteiger partial charge in [-0.2, -0.15) is 30.3 Å². The third-order valence-electron chi connectivity index (χ3n) is 2.46. The average molecular weight is 359 g/mol. The van der Waals surface area contributed by atoms with Crippen LogP contribution in [0.15, 0.2) is 77.3 Å². The summed E-state index contributed by atoms with van der Waals surface area (Å²) in [6.45, 7) is 0. The predicted octanol–water partition coefficient (Wildman–Crippen LogP) is 5.38. The molecule has 0 aliphatic carbocycles. The molecular weight excluding hydrogens is 347 g/mol. The Morgan fingerprint density at radius 2 is 1.63 bits per heavy atom. The van der Waals surface area contributed by atoms with Gasteiger partial charge < -0.3 is 0 Å². The van der Waals surface area contributed by atoms with Crippen molar-refractivity contribution in [2.75, 3.05) is 0 Å². The first-order valence-corrected chi connectivity index (χ1v) is 6.40. The smallest absolute Gasteiger partial charge is 0.216 e.